The fourth-order valence-electron chi connectivity index (χ4n) is 2.92. The third kappa shape index (κ3) is 19.3. The van der Waals surface area contributed by atoms with Crippen molar-refractivity contribution in [1.82, 2.24) is 0 Å². The Morgan fingerprint density at radius 1 is 0.826 bits per heavy atom. The summed E-state index contributed by atoms with van der Waals surface area (Å²) in [6, 6.07) is 0. The summed E-state index contributed by atoms with van der Waals surface area (Å²) in [7, 11) is 0. The van der Waals surface area contributed by atoms with Gasteiger partial charge in [0.25, 0.3) is 0 Å². The molecule has 0 rings (SSSR count). The summed E-state index contributed by atoms with van der Waals surface area (Å²) in [4.78, 5) is 0. The minimum Gasteiger partial charge on any atom is -0.355 e. The van der Waals surface area contributed by atoms with Crippen molar-refractivity contribution in [2.45, 2.75) is 95.4 Å². The van der Waals surface area contributed by atoms with Crippen LogP contribution < -0.4 is 0 Å². The zero-order chi connectivity index (χ0) is 17.2. The molecule has 0 spiro atoms. The van der Waals surface area contributed by atoms with Gasteiger partial charge in [-0.05, 0) is 25.2 Å². The summed E-state index contributed by atoms with van der Waals surface area (Å²) in [5.74, 6) is 0.830. The summed E-state index contributed by atoms with van der Waals surface area (Å²) < 4.78 is 12.0. The molecule has 0 amide bonds. The topological polar surface area (TPSA) is 18.5 Å². The van der Waals surface area contributed by atoms with E-state index in [0.717, 1.165) is 23.2 Å². The molecular weight excluding hydrogens is 364 g/mol. The maximum absolute atomic E-state index is 5.56. The van der Waals surface area contributed by atoms with E-state index < -0.39 is 0 Å². The van der Waals surface area contributed by atoms with Crippen LogP contribution in [0.15, 0.2) is 0 Å². The normalized spacial score (nSPS) is 13.7. The molecule has 0 saturated heterocycles. The minimum atomic E-state index is 0.00193. The van der Waals surface area contributed by atoms with Gasteiger partial charge in [0.05, 0.1) is 0 Å². The average molecular weight is 404 g/mol. The zero-order valence-electron chi connectivity index (χ0n) is 16.0. The van der Waals surface area contributed by atoms with Crippen LogP contribution in [-0.2, 0) is 9.47 Å². The summed E-state index contributed by atoms with van der Waals surface area (Å²) in [5, 5.41) is 0. The summed E-state index contributed by atoms with van der Waals surface area (Å²) in [6.07, 6.45) is 14.6. The van der Waals surface area contributed by atoms with E-state index in [-0.39, 0.29) is 18.2 Å². The van der Waals surface area contributed by atoms with Crippen LogP contribution in [0.4, 0.5) is 0 Å². The molecule has 4 heteroatoms. The van der Waals surface area contributed by atoms with Gasteiger partial charge < -0.3 is 22.4 Å². The van der Waals surface area contributed by atoms with Crippen LogP contribution in [0.3, 0.4) is 0 Å². The molecule has 136 valence electrons. The molecular formula is C19H39BrMgO2. The Kier molecular flexibility index (Phi) is 20.5. The van der Waals surface area contributed by atoms with E-state index in [1.54, 1.807) is 0 Å². The van der Waals surface area contributed by atoms with Gasteiger partial charge in [-0.15, -0.1) is 4.05 Å². The Labute approximate surface area is 161 Å². The first kappa shape index (κ1) is 24.2. The second-order valence-electron chi connectivity index (χ2n) is 7.15. The minimum absolute atomic E-state index is 0.00193. The Balaban J connectivity index is 3.10. The molecule has 2 atom stereocenters. The number of unbranched alkanes of at least 4 members (excludes halogenated alkanes) is 7. The molecule has 0 N–H and O–H groups in total. The smallest absolute Gasteiger partial charge is 0.355 e. The molecule has 2 unspecified atom stereocenters. The van der Waals surface area contributed by atoms with Crippen LogP contribution >= 0.6 is 12.9 Å². The van der Waals surface area contributed by atoms with Crippen molar-refractivity contribution in [3.8, 4) is 0 Å². The van der Waals surface area contributed by atoms with E-state index in [1.165, 1.54) is 70.6 Å². The van der Waals surface area contributed by atoms with Gasteiger partial charge in [0.15, 0.2) is 0 Å². The maximum Gasteiger partial charge on any atom is 0.471 e. The number of hydrogen-bond donors (Lipinski definition) is 0. The monoisotopic (exact) mass is 402 g/mol. The summed E-state index contributed by atoms with van der Waals surface area (Å²) >= 11 is 3.69. The van der Waals surface area contributed by atoms with Gasteiger partial charge in [0, 0.05) is 13.2 Å². The highest BCUT2D eigenvalue weighted by molar-refractivity contribution is 9.23. The predicted molar refractivity (Wildman–Crippen MR) is 107 cm³/mol. The first-order valence-electron chi connectivity index (χ1n) is 9.92. The molecule has 0 fully saturated rings. The standard InChI is InChI=1S/C19H39O2.BrH.Mg/c1-4-6-7-8-9-10-11-12-16-20-18-21-17-13-15-19(3)14-5-2;;/h5,19H,4,6-18H2,1-3H3;1H;/q;;+1/p-1. The lowest BCUT2D eigenvalue weighted by Crippen LogP contribution is -2.06. The lowest BCUT2D eigenvalue weighted by Gasteiger charge is -2.15. The highest BCUT2D eigenvalue weighted by atomic mass is 79.9. The van der Waals surface area contributed by atoms with Crippen molar-refractivity contribution in [1.29, 1.82) is 0 Å². The lowest BCUT2D eigenvalue weighted by molar-refractivity contribution is -0.0561. The fourth-order valence-corrected chi connectivity index (χ4v) is 4.40. The molecule has 0 heterocycles. The molecule has 0 aliphatic rings. The molecule has 0 saturated carbocycles. The van der Waals surface area contributed by atoms with Gasteiger partial charge in [-0.25, -0.2) is 0 Å². The van der Waals surface area contributed by atoms with E-state index in [2.05, 4.69) is 33.7 Å². The van der Waals surface area contributed by atoms with Crippen LogP contribution in [0.5, 0.6) is 0 Å². The third-order valence-corrected chi connectivity index (χ3v) is 8.54. The SMILES string of the molecule is CCCCCCCCCCOCOCCCC(C)C[CH](C)[Mg][Br]. The number of halogens is 1. The summed E-state index contributed by atoms with van der Waals surface area (Å²) in [6.45, 7) is 9.20. The molecule has 0 aromatic heterocycles. The predicted octanol–water partition coefficient (Wildman–Crippen LogP) is 6.75. The van der Waals surface area contributed by atoms with Crippen LogP contribution in [0, 0.1) is 5.92 Å². The number of rotatable bonds is 18. The van der Waals surface area contributed by atoms with Crippen molar-refractivity contribution in [3.63, 3.8) is 0 Å². The largest absolute Gasteiger partial charge is 0.471 e. The molecule has 0 bridgehead atoms. The van der Waals surface area contributed by atoms with E-state index >= 15 is 0 Å². The molecule has 0 aliphatic heterocycles. The fraction of sp³-hybridized carbons (Fsp3) is 1.00. The molecule has 23 heavy (non-hydrogen) atoms. The van der Waals surface area contributed by atoms with Crippen molar-refractivity contribution in [3.05, 3.63) is 0 Å². The van der Waals surface area contributed by atoms with Gasteiger partial charge in [0.1, 0.15) is 6.79 Å². The van der Waals surface area contributed by atoms with Crippen LogP contribution in [-0.4, -0.2) is 38.2 Å². The van der Waals surface area contributed by atoms with Crippen LogP contribution in [0.25, 0.3) is 0 Å². The molecule has 0 aliphatic carbocycles. The Morgan fingerprint density at radius 2 is 1.39 bits per heavy atom. The second-order valence-corrected chi connectivity index (χ2v) is 10.8. The van der Waals surface area contributed by atoms with Gasteiger partial charge in [-0.3, -0.25) is 0 Å². The van der Waals surface area contributed by atoms with E-state index in [9.17, 15) is 0 Å². The van der Waals surface area contributed by atoms with Crippen molar-refractivity contribution in [2.24, 2.45) is 5.92 Å². The molecule has 0 radical (unpaired) electrons. The van der Waals surface area contributed by atoms with Gasteiger partial charge in [-0.2, -0.15) is 0 Å². The van der Waals surface area contributed by atoms with E-state index in [0.29, 0.717) is 6.79 Å². The summed E-state index contributed by atoms with van der Waals surface area (Å²) in [5.41, 5.74) is 0. The third-order valence-electron chi connectivity index (χ3n) is 4.36. The second kappa shape index (κ2) is 19.5. The lowest BCUT2D eigenvalue weighted by atomic mass is 10.0. The average Bonchev–Trinajstić information content (AvgIpc) is 2.55. The maximum atomic E-state index is 5.56. The van der Waals surface area contributed by atoms with Gasteiger partial charge in [-0.1, -0.05) is 72.1 Å². The van der Waals surface area contributed by atoms with E-state index in [1.807, 2.05) is 0 Å². The van der Waals surface area contributed by atoms with Crippen molar-refractivity contribution in [2.75, 3.05) is 20.0 Å². The van der Waals surface area contributed by atoms with Crippen LogP contribution in [0.1, 0.15) is 91.4 Å². The number of ether oxygens (including phenoxy) is 2. The molecule has 2 nitrogen and oxygen atoms in total. The first-order chi connectivity index (χ1) is 11.2. The Hall–Kier alpha value is 1.17. The van der Waals surface area contributed by atoms with Crippen molar-refractivity contribution >= 4 is 31.1 Å². The van der Waals surface area contributed by atoms with Crippen molar-refractivity contribution < 1.29 is 9.47 Å². The molecule has 0 aromatic carbocycles. The molecule has 0 aromatic rings. The van der Waals surface area contributed by atoms with Gasteiger partial charge in [0.2, 0.25) is 0 Å². The quantitative estimate of drug-likeness (QED) is 0.143. The zero-order valence-corrected chi connectivity index (χ0v) is 19.0. The Bertz CT molecular complexity index is 229. The van der Waals surface area contributed by atoms with Crippen LogP contribution in [0.2, 0.25) is 4.05 Å². The first-order valence-corrected chi connectivity index (χ1v) is 14.6. The van der Waals surface area contributed by atoms with E-state index in [4.69, 9.17) is 9.47 Å². The number of hydrogen-bond acceptors (Lipinski definition) is 2. The highest BCUT2D eigenvalue weighted by Gasteiger charge is 2.09. The Morgan fingerprint density at radius 3 is 2.00 bits per heavy atom. The van der Waals surface area contributed by atoms with Gasteiger partial charge >= 0.3 is 18.2 Å². The highest BCUT2D eigenvalue weighted by Crippen LogP contribution is 2.21.